The Hall–Kier alpha value is -4.32. The van der Waals surface area contributed by atoms with Gasteiger partial charge in [0.25, 0.3) is 11.4 Å². The second-order valence-corrected chi connectivity index (χ2v) is 5.88. The molecule has 29 heavy (non-hydrogen) atoms. The van der Waals surface area contributed by atoms with Crippen molar-refractivity contribution < 1.29 is 9.85 Å². The molecule has 0 aliphatic rings. The molecule has 12 heteroatoms. The lowest BCUT2D eigenvalue weighted by Crippen LogP contribution is -2.23. The quantitative estimate of drug-likeness (QED) is 0.471. The second kappa shape index (κ2) is 9.57. The van der Waals surface area contributed by atoms with Crippen LogP contribution >= 0.6 is 0 Å². The van der Waals surface area contributed by atoms with Gasteiger partial charge < -0.3 is 10.6 Å². The molecule has 0 fully saturated rings. The highest BCUT2D eigenvalue weighted by molar-refractivity contribution is 5.57. The van der Waals surface area contributed by atoms with Crippen molar-refractivity contribution in [1.82, 2.24) is 9.97 Å². The predicted molar refractivity (Wildman–Crippen MR) is 102 cm³/mol. The topological polar surface area (TPSA) is 184 Å². The Morgan fingerprint density at radius 3 is 2.03 bits per heavy atom. The first-order valence-electron chi connectivity index (χ1n) is 8.49. The second-order valence-electron chi connectivity index (χ2n) is 5.88. The summed E-state index contributed by atoms with van der Waals surface area (Å²) in [5, 5.41) is 46.0. The largest absolute Gasteiger partial charge is 0.369 e. The fourth-order valence-electron chi connectivity index (χ4n) is 2.47. The van der Waals surface area contributed by atoms with Crippen LogP contribution in [0.15, 0.2) is 24.5 Å². The van der Waals surface area contributed by atoms with E-state index in [0.29, 0.717) is 19.4 Å². The summed E-state index contributed by atoms with van der Waals surface area (Å²) < 4.78 is 0. The van der Waals surface area contributed by atoms with E-state index in [1.165, 1.54) is 0 Å². The third-order valence-corrected chi connectivity index (χ3v) is 4.03. The number of hydrogen-bond donors (Lipinski definition) is 2. The van der Waals surface area contributed by atoms with Gasteiger partial charge in [0.05, 0.1) is 9.85 Å². The molecule has 0 aromatic carbocycles. The van der Waals surface area contributed by atoms with Crippen molar-refractivity contribution in [1.29, 1.82) is 10.5 Å². The molecule has 0 bridgehead atoms. The summed E-state index contributed by atoms with van der Waals surface area (Å²) >= 11 is 0. The highest BCUT2D eigenvalue weighted by Crippen LogP contribution is 2.21. The molecular weight excluding hydrogens is 380 g/mol. The minimum Gasteiger partial charge on any atom is -0.369 e. The van der Waals surface area contributed by atoms with Crippen LogP contribution in [0, 0.1) is 42.9 Å². The molecule has 0 spiro atoms. The molecule has 2 aromatic rings. The molecule has 0 amide bonds. The Balaban J connectivity index is 2.03. The Labute approximate surface area is 165 Å². The molecular formula is C17H16N8O4. The number of nitrogens with zero attached hydrogens (tertiary/aromatic N) is 6. The van der Waals surface area contributed by atoms with Gasteiger partial charge in [0, 0.05) is 24.7 Å². The molecule has 2 heterocycles. The summed E-state index contributed by atoms with van der Waals surface area (Å²) in [6.07, 6.45) is 3.36. The van der Waals surface area contributed by atoms with Crippen LogP contribution in [0.25, 0.3) is 0 Å². The number of rotatable bonds is 9. The molecule has 2 aromatic heterocycles. The van der Waals surface area contributed by atoms with Gasteiger partial charge in [0.15, 0.2) is 0 Å². The van der Waals surface area contributed by atoms with Crippen LogP contribution in [0.3, 0.4) is 0 Å². The van der Waals surface area contributed by atoms with Gasteiger partial charge in [-0.3, -0.25) is 20.2 Å². The van der Waals surface area contributed by atoms with Crippen molar-refractivity contribution >= 4 is 23.0 Å². The zero-order valence-electron chi connectivity index (χ0n) is 15.3. The van der Waals surface area contributed by atoms with E-state index >= 15 is 0 Å². The van der Waals surface area contributed by atoms with Crippen LogP contribution in [-0.4, -0.2) is 32.4 Å². The number of nitro groups is 2. The van der Waals surface area contributed by atoms with E-state index in [1.54, 1.807) is 0 Å². The molecule has 0 saturated carbocycles. The van der Waals surface area contributed by atoms with Crippen molar-refractivity contribution in [3.63, 3.8) is 0 Å². The summed E-state index contributed by atoms with van der Waals surface area (Å²) in [4.78, 5) is 28.2. The number of nitrogens with one attached hydrogen (secondary N) is 2. The molecule has 0 aliphatic carbocycles. The lowest BCUT2D eigenvalue weighted by Gasteiger charge is -2.18. The van der Waals surface area contributed by atoms with Gasteiger partial charge in [0.1, 0.15) is 47.3 Å². The number of hydrogen-bond acceptors (Lipinski definition) is 10. The van der Waals surface area contributed by atoms with E-state index in [2.05, 4.69) is 20.6 Å². The van der Waals surface area contributed by atoms with Gasteiger partial charge in [-0.1, -0.05) is 6.92 Å². The van der Waals surface area contributed by atoms with Crippen molar-refractivity contribution in [3.05, 3.63) is 55.9 Å². The molecule has 0 aliphatic heterocycles. The fourth-order valence-corrected chi connectivity index (χ4v) is 2.47. The number of nitriles is 2. The van der Waals surface area contributed by atoms with Crippen LogP contribution in [-0.2, 0) is 0 Å². The summed E-state index contributed by atoms with van der Waals surface area (Å²) in [5.74, 6) is 0.482. The van der Waals surface area contributed by atoms with Crippen molar-refractivity contribution in [2.75, 3.05) is 17.2 Å². The summed E-state index contributed by atoms with van der Waals surface area (Å²) in [6, 6.07) is 5.93. The van der Waals surface area contributed by atoms with Crippen LogP contribution in [0.1, 0.15) is 30.9 Å². The molecule has 2 rings (SSSR count). The normalized spacial score (nSPS) is 11.0. The maximum atomic E-state index is 10.8. The zero-order valence-corrected chi connectivity index (χ0v) is 15.3. The van der Waals surface area contributed by atoms with Gasteiger partial charge in [-0.05, 0) is 12.8 Å². The first-order valence-corrected chi connectivity index (χ1v) is 8.49. The van der Waals surface area contributed by atoms with Crippen molar-refractivity contribution in [2.24, 2.45) is 0 Å². The van der Waals surface area contributed by atoms with E-state index < -0.39 is 9.85 Å². The predicted octanol–water partition coefficient (Wildman–Crippen LogP) is 2.73. The lowest BCUT2D eigenvalue weighted by molar-refractivity contribution is -0.385. The maximum Gasteiger partial charge on any atom is 0.289 e. The number of pyridine rings is 2. The van der Waals surface area contributed by atoms with Crippen LogP contribution in [0.4, 0.5) is 23.0 Å². The van der Waals surface area contributed by atoms with E-state index in [9.17, 15) is 25.5 Å². The smallest absolute Gasteiger partial charge is 0.289 e. The fraction of sp³-hybridized carbons (Fsp3) is 0.294. The van der Waals surface area contributed by atoms with Gasteiger partial charge in [0.2, 0.25) is 0 Å². The number of aromatic nitrogens is 2. The average Bonchev–Trinajstić information content (AvgIpc) is 2.72. The van der Waals surface area contributed by atoms with Gasteiger partial charge in [-0.25, -0.2) is 9.97 Å². The molecule has 148 valence electrons. The minimum atomic E-state index is -0.626. The molecule has 1 atom stereocenters. The van der Waals surface area contributed by atoms with Crippen LogP contribution < -0.4 is 10.6 Å². The summed E-state index contributed by atoms with van der Waals surface area (Å²) in [5.41, 5.74) is -0.415. The van der Waals surface area contributed by atoms with E-state index in [-0.39, 0.29) is 40.2 Å². The van der Waals surface area contributed by atoms with E-state index in [0.717, 1.165) is 24.5 Å². The Morgan fingerprint density at radius 1 is 1.03 bits per heavy atom. The van der Waals surface area contributed by atoms with Gasteiger partial charge >= 0.3 is 0 Å². The van der Waals surface area contributed by atoms with Crippen LogP contribution in [0.2, 0.25) is 0 Å². The van der Waals surface area contributed by atoms with Gasteiger partial charge in [-0.15, -0.1) is 0 Å². The molecule has 12 nitrogen and oxygen atoms in total. The van der Waals surface area contributed by atoms with Crippen LogP contribution in [0.5, 0.6) is 0 Å². The third kappa shape index (κ3) is 5.33. The summed E-state index contributed by atoms with van der Waals surface area (Å²) in [6.45, 7) is 2.31. The highest BCUT2D eigenvalue weighted by atomic mass is 16.6. The van der Waals surface area contributed by atoms with Crippen molar-refractivity contribution in [2.45, 2.75) is 25.8 Å². The SMILES string of the molecule is CC[C@@H](CCNc1ncc([N+](=O)[O-])cc1C#N)Nc1ncc([N+](=O)[O-])cc1C#N. The van der Waals surface area contributed by atoms with Crippen molar-refractivity contribution in [3.8, 4) is 12.1 Å². The minimum absolute atomic E-state index is 0.0593. The van der Waals surface area contributed by atoms with E-state index in [4.69, 9.17) is 5.26 Å². The number of anilines is 2. The Morgan fingerprint density at radius 2 is 1.55 bits per heavy atom. The third-order valence-electron chi connectivity index (χ3n) is 4.03. The highest BCUT2D eigenvalue weighted by Gasteiger charge is 2.16. The standard InChI is InChI=1S/C17H16N8O4/c1-2-13(23-17-12(8-19)6-15(10-22-17)25(28)29)3-4-20-16-11(7-18)5-14(9-21-16)24(26)27/h5-6,9-10,13H,2-4H2,1H3,(H,20,21)(H,22,23)/t13-/m0/s1. The monoisotopic (exact) mass is 396 g/mol. The Bertz CT molecular complexity index is 1010. The first kappa shape index (κ1) is 21.0. The Kier molecular flexibility index (Phi) is 6.92. The molecule has 2 N–H and O–H groups in total. The zero-order chi connectivity index (χ0) is 21.4. The average molecular weight is 396 g/mol. The molecule has 0 unspecified atom stereocenters. The van der Waals surface area contributed by atoms with E-state index in [1.807, 2.05) is 19.1 Å². The maximum absolute atomic E-state index is 10.8. The summed E-state index contributed by atoms with van der Waals surface area (Å²) in [7, 11) is 0. The lowest BCUT2D eigenvalue weighted by atomic mass is 10.1. The van der Waals surface area contributed by atoms with Gasteiger partial charge in [-0.2, -0.15) is 10.5 Å². The first-order chi connectivity index (χ1) is 13.9. The molecule has 0 saturated heterocycles. The molecule has 0 radical (unpaired) electrons.